The van der Waals surface area contributed by atoms with Gasteiger partial charge in [0.25, 0.3) is 0 Å². The maximum atomic E-state index is 11.1. The van der Waals surface area contributed by atoms with Gasteiger partial charge in [-0.25, -0.2) is 0 Å². The Kier molecular flexibility index (Phi) is 7.59. The van der Waals surface area contributed by atoms with Crippen LogP contribution in [0.1, 0.15) is 5.56 Å². The van der Waals surface area contributed by atoms with Gasteiger partial charge in [-0.1, -0.05) is 78.9 Å². The highest BCUT2D eigenvalue weighted by molar-refractivity contribution is 5.94. The van der Waals surface area contributed by atoms with Crippen LogP contribution in [0.15, 0.2) is 166 Å². The van der Waals surface area contributed by atoms with Crippen LogP contribution in [-0.2, 0) is 7.05 Å². The van der Waals surface area contributed by atoms with E-state index in [2.05, 4.69) is 25.0 Å². The van der Waals surface area contributed by atoms with Crippen molar-refractivity contribution in [2.75, 3.05) is 0 Å². The average molecular weight is 692 g/mol. The zero-order valence-corrected chi connectivity index (χ0v) is 28.5. The van der Waals surface area contributed by atoms with Crippen LogP contribution in [-0.4, -0.2) is 19.8 Å². The van der Waals surface area contributed by atoms with Gasteiger partial charge in [0.05, 0.1) is 16.9 Å². The second-order valence-corrected chi connectivity index (χ2v) is 12.9. The first-order chi connectivity index (χ1) is 25.9. The van der Waals surface area contributed by atoms with Crippen LogP contribution >= 0.6 is 0 Å². The van der Waals surface area contributed by atoms with Crippen LogP contribution in [0.2, 0.25) is 0 Å². The number of aryl methyl sites for hydroxylation is 1. The van der Waals surface area contributed by atoms with E-state index >= 15 is 0 Å². The van der Waals surface area contributed by atoms with E-state index in [4.69, 9.17) is 0 Å². The zero-order chi connectivity index (χ0) is 36.1. The van der Waals surface area contributed by atoms with Gasteiger partial charge < -0.3 is 15.3 Å². The number of aromatic hydroxyl groups is 3. The van der Waals surface area contributed by atoms with E-state index in [1.165, 1.54) is 0 Å². The molecule has 0 radical (unpaired) electrons. The Labute approximate surface area is 303 Å². The molecule has 9 rings (SSSR count). The van der Waals surface area contributed by atoms with Gasteiger partial charge in [-0.2, -0.15) is 0 Å². The maximum absolute atomic E-state index is 11.1. The molecule has 0 bridgehead atoms. The van der Waals surface area contributed by atoms with E-state index < -0.39 is 0 Å². The standard InChI is InChI=1S/C44H30N6O3/c1-49-41(30-17-20-39(44(53)24-30)48-46-37-15-7-11-29-9-3-5-13-33(29)37)26-42-34(35-25-31(51)18-21-40(35)50(42)49)22-27-16-19-38(43(52)23-27)47-45-36-14-6-10-28-8-2-4-12-32(28)36/h2-26H,1H3,(H2-,45,46,51,52,53)/p+1. The lowest BCUT2D eigenvalue weighted by Gasteiger charge is -2.03. The van der Waals surface area contributed by atoms with Crippen molar-refractivity contribution in [2.24, 2.45) is 27.5 Å². The predicted octanol–water partition coefficient (Wildman–Crippen LogP) is 10.4. The van der Waals surface area contributed by atoms with Crippen molar-refractivity contribution in [3.05, 3.63) is 156 Å². The molecule has 0 aliphatic carbocycles. The highest BCUT2D eigenvalue weighted by Crippen LogP contribution is 2.35. The van der Waals surface area contributed by atoms with Crippen LogP contribution in [0.5, 0.6) is 17.2 Å². The first-order valence-electron chi connectivity index (χ1n) is 17.0. The number of rotatable bonds is 6. The average Bonchev–Trinajstić information content (AvgIpc) is 3.67. The quantitative estimate of drug-likeness (QED) is 0.119. The van der Waals surface area contributed by atoms with E-state index in [1.54, 1.807) is 36.4 Å². The van der Waals surface area contributed by atoms with Crippen LogP contribution in [0.25, 0.3) is 55.3 Å². The van der Waals surface area contributed by atoms with Gasteiger partial charge in [-0.3, -0.25) is 0 Å². The Morgan fingerprint density at radius 3 is 1.74 bits per heavy atom. The van der Waals surface area contributed by atoms with Crippen molar-refractivity contribution in [2.45, 2.75) is 0 Å². The van der Waals surface area contributed by atoms with E-state index in [1.807, 2.05) is 127 Å². The first kappa shape index (κ1) is 31.6. The van der Waals surface area contributed by atoms with Crippen molar-refractivity contribution >= 4 is 66.8 Å². The minimum absolute atomic E-state index is 0.00657. The Bertz CT molecular complexity index is 3010. The Hall–Kier alpha value is -7.39. The van der Waals surface area contributed by atoms with Crippen LogP contribution in [0.4, 0.5) is 22.7 Å². The Morgan fingerprint density at radius 2 is 1.09 bits per heavy atom. The largest absolute Gasteiger partial charge is 0.508 e. The molecule has 9 nitrogen and oxygen atoms in total. The van der Waals surface area contributed by atoms with E-state index in [-0.39, 0.29) is 17.2 Å². The van der Waals surface area contributed by atoms with E-state index in [0.717, 1.165) is 65.7 Å². The summed E-state index contributed by atoms with van der Waals surface area (Å²) in [5.41, 5.74) is 6.28. The second-order valence-electron chi connectivity index (χ2n) is 12.9. The lowest BCUT2D eigenvalue weighted by Crippen LogP contribution is -2.36. The minimum Gasteiger partial charge on any atom is -0.508 e. The molecule has 0 amide bonds. The molecule has 0 spiro atoms. The summed E-state index contributed by atoms with van der Waals surface area (Å²) in [5, 5.41) is 56.0. The molecule has 0 saturated heterocycles. The molecule has 0 saturated carbocycles. The van der Waals surface area contributed by atoms with Gasteiger partial charge in [0.1, 0.15) is 39.7 Å². The summed E-state index contributed by atoms with van der Waals surface area (Å²) >= 11 is 0. The molecule has 2 heterocycles. The topological polar surface area (TPSA) is 118 Å². The fourth-order valence-electron chi connectivity index (χ4n) is 6.98. The van der Waals surface area contributed by atoms with Crippen LogP contribution in [0, 0.1) is 0 Å². The van der Waals surface area contributed by atoms with Gasteiger partial charge in [0.15, 0.2) is 7.05 Å². The number of hydrogen-bond donors (Lipinski definition) is 3. The molecular weight excluding hydrogens is 661 g/mol. The Balaban J connectivity index is 1.08. The highest BCUT2D eigenvalue weighted by atomic mass is 16.3. The number of nitrogens with zero attached hydrogens (tertiary/aromatic N) is 6. The van der Waals surface area contributed by atoms with Crippen molar-refractivity contribution < 1.29 is 20.0 Å². The van der Waals surface area contributed by atoms with Crippen LogP contribution in [0.3, 0.4) is 0 Å². The van der Waals surface area contributed by atoms with Crippen molar-refractivity contribution in [3.63, 3.8) is 0 Å². The summed E-state index contributed by atoms with van der Waals surface area (Å²) in [4.78, 5) is 0. The van der Waals surface area contributed by atoms with Gasteiger partial charge >= 0.3 is 0 Å². The molecule has 0 aliphatic heterocycles. The van der Waals surface area contributed by atoms with Crippen molar-refractivity contribution in [1.82, 2.24) is 4.52 Å². The Morgan fingerprint density at radius 1 is 0.509 bits per heavy atom. The lowest BCUT2D eigenvalue weighted by molar-refractivity contribution is -0.725. The minimum atomic E-state index is -0.00717. The summed E-state index contributed by atoms with van der Waals surface area (Å²) in [6, 6.07) is 45.6. The van der Waals surface area contributed by atoms with Gasteiger partial charge in [0.2, 0.25) is 5.69 Å². The number of benzene rings is 7. The summed E-state index contributed by atoms with van der Waals surface area (Å²) < 4.78 is 4.07. The molecular formula is C44H31N6O3+. The summed E-state index contributed by atoms with van der Waals surface area (Å²) in [6.45, 7) is 0. The number of phenols is 3. The van der Waals surface area contributed by atoms with E-state index in [9.17, 15) is 15.3 Å². The molecule has 53 heavy (non-hydrogen) atoms. The molecule has 9 heteroatoms. The van der Waals surface area contributed by atoms with E-state index in [0.29, 0.717) is 17.1 Å². The summed E-state index contributed by atoms with van der Waals surface area (Å²) in [5.74, 6) is 0.146. The first-order valence-corrected chi connectivity index (χ1v) is 17.0. The zero-order valence-electron chi connectivity index (χ0n) is 28.5. The third-order valence-electron chi connectivity index (χ3n) is 9.57. The SMILES string of the molecule is C[n+]1c(-c2ccc(/N=N/c3cccc4ccccc34)c(O)c2)cc2/c(=C\c3ccc(/N=N/c4cccc5ccccc45)c(O)c3)c3cc(O)ccc3n21. The lowest BCUT2D eigenvalue weighted by atomic mass is 10.1. The normalized spacial score (nSPS) is 12.4. The smallest absolute Gasteiger partial charge is 0.239 e. The molecule has 3 N–H and O–H groups in total. The molecule has 0 fully saturated rings. The number of aromatic nitrogens is 2. The summed E-state index contributed by atoms with van der Waals surface area (Å²) in [6.07, 6.45) is 1.97. The van der Waals surface area contributed by atoms with Crippen LogP contribution < -0.4 is 9.90 Å². The molecule has 0 unspecified atom stereocenters. The van der Waals surface area contributed by atoms with Gasteiger partial charge in [0, 0.05) is 27.4 Å². The second kappa shape index (κ2) is 12.7. The highest BCUT2D eigenvalue weighted by Gasteiger charge is 2.23. The maximum Gasteiger partial charge on any atom is 0.239 e. The fourth-order valence-corrected chi connectivity index (χ4v) is 6.98. The number of fused-ring (bicyclic) bond motifs is 5. The molecule has 0 atom stereocenters. The van der Waals surface area contributed by atoms with Crippen molar-refractivity contribution in [3.8, 4) is 28.5 Å². The van der Waals surface area contributed by atoms with Gasteiger partial charge in [-0.05, 0) is 83.1 Å². The fraction of sp³-hybridized carbons (Fsp3) is 0.0227. The monoisotopic (exact) mass is 691 g/mol. The number of hydrogen-bond acceptors (Lipinski definition) is 7. The van der Waals surface area contributed by atoms with Gasteiger partial charge in [-0.15, -0.1) is 29.7 Å². The number of azo groups is 2. The van der Waals surface area contributed by atoms with Crippen molar-refractivity contribution in [1.29, 1.82) is 0 Å². The molecule has 9 aromatic rings. The third-order valence-corrected chi connectivity index (χ3v) is 9.57. The third kappa shape index (κ3) is 5.66. The predicted molar refractivity (Wildman–Crippen MR) is 208 cm³/mol. The summed E-state index contributed by atoms with van der Waals surface area (Å²) in [7, 11) is 1.95. The number of phenolic OH excluding ortho intramolecular Hbond substituents is 3. The molecule has 7 aromatic carbocycles. The molecule has 0 aliphatic rings. The molecule has 2 aromatic heterocycles. The molecule has 254 valence electrons.